The Balaban J connectivity index is 2.06. The molecule has 0 fully saturated rings. The zero-order valence-electron chi connectivity index (χ0n) is 13.1. The highest BCUT2D eigenvalue weighted by Crippen LogP contribution is 2.17. The summed E-state index contributed by atoms with van der Waals surface area (Å²) in [4.78, 5) is 23.2. The van der Waals surface area contributed by atoms with Crippen LogP contribution in [0.5, 0.6) is 0 Å². The van der Waals surface area contributed by atoms with Gasteiger partial charge >= 0.3 is 0 Å². The largest absolute Gasteiger partial charge is 0.352 e. The molecule has 0 aliphatic rings. The second-order valence-corrected chi connectivity index (χ2v) is 5.38. The SMILES string of the molecule is CC(=O)NCc1ccc(C(=O)Nc2cc(C)ccc2C)cc1. The zero-order chi connectivity index (χ0) is 16.1. The number of anilines is 1. The topological polar surface area (TPSA) is 58.2 Å². The molecule has 0 unspecified atom stereocenters. The van der Waals surface area contributed by atoms with Crippen LogP contribution in [0.2, 0.25) is 0 Å². The first-order valence-corrected chi connectivity index (χ1v) is 7.17. The fourth-order valence-corrected chi connectivity index (χ4v) is 2.07. The van der Waals surface area contributed by atoms with Crippen molar-refractivity contribution >= 4 is 17.5 Å². The average Bonchev–Trinajstić information content (AvgIpc) is 2.49. The number of carbonyl (C=O) groups excluding carboxylic acids is 2. The monoisotopic (exact) mass is 296 g/mol. The molecule has 0 bridgehead atoms. The molecule has 0 saturated carbocycles. The van der Waals surface area contributed by atoms with Crippen molar-refractivity contribution in [3.8, 4) is 0 Å². The lowest BCUT2D eigenvalue weighted by Crippen LogP contribution is -2.19. The number of amides is 2. The quantitative estimate of drug-likeness (QED) is 0.910. The van der Waals surface area contributed by atoms with Crippen LogP contribution in [0, 0.1) is 13.8 Å². The molecule has 2 aromatic rings. The number of hydrogen-bond donors (Lipinski definition) is 2. The number of hydrogen-bond acceptors (Lipinski definition) is 2. The third-order valence-electron chi connectivity index (χ3n) is 3.40. The van der Waals surface area contributed by atoms with Crippen molar-refractivity contribution in [1.29, 1.82) is 0 Å². The van der Waals surface area contributed by atoms with Gasteiger partial charge in [0.15, 0.2) is 0 Å². The van der Waals surface area contributed by atoms with Crippen LogP contribution in [0.1, 0.15) is 34.0 Å². The molecule has 2 rings (SSSR count). The highest BCUT2D eigenvalue weighted by molar-refractivity contribution is 6.04. The normalized spacial score (nSPS) is 10.1. The first kappa shape index (κ1) is 15.8. The molecule has 0 atom stereocenters. The van der Waals surface area contributed by atoms with Gasteiger partial charge in [-0.2, -0.15) is 0 Å². The molecule has 2 N–H and O–H groups in total. The molecule has 4 nitrogen and oxygen atoms in total. The predicted molar refractivity (Wildman–Crippen MR) is 87.8 cm³/mol. The zero-order valence-corrected chi connectivity index (χ0v) is 13.1. The molecule has 114 valence electrons. The van der Waals surface area contributed by atoms with E-state index in [9.17, 15) is 9.59 Å². The summed E-state index contributed by atoms with van der Waals surface area (Å²) in [7, 11) is 0. The maximum Gasteiger partial charge on any atom is 0.255 e. The minimum atomic E-state index is -0.139. The van der Waals surface area contributed by atoms with E-state index in [0.29, 0.717) is 12.1 Å². The Morgan fingerprint density at radius 3 is 2.32 bits per heavy atom. The number of nitrogens with one attached hydrogen (secondary N) is 2. The Kier molecular flexibility index (Phi) is 4.94. The summed E-state index contributed by atoms with van der Waals surface area (Å²) in [5, 5.41) is 5.65. The molecule has 0 radical (unpaired) electrons. The van der Waals surface area contributed by atoms with Gasteiger partial charge in [-0.1, -0.05) is 24.3 Å². The van der Waals surface area contributed by atoms with E-state index in [1.165, 1.54) is 6.92 Å². The van der Waals surface area contributed by atoms with E-state index in [1.54, 1.807) is 12.1 Å². The van der Waals surface area contributed by atoms with Crippen molar-refractivity contribution in [2.75, 3.05) is 5.32 Å². The molecule has 0 saturated heterocycles. The van der Waals surface area contributed by atoms with Crippen molar-refractivity contribution in [3.63, 3.8) is 0 Å². The van der Waals surface area contributed by atoms with Gasteiger partial charge in [0.05, 0.1) is 0 Å². The lowest BCUT2D eigenvalue weighted by Gasteiger charge is -2.10. The summed E-state index contributed by atoms with van der Waals surface area (Å²) in [6.07, 6.45) is 0. The van der Waals surface area contributed by atoms with Crippen molar-refractivity contribution in [2.24, 2.45) is 0 Å². The fraction of sp³-hybridized carbons (Fsp3) is 0.222. The van der Waals surface area contributed by atoms with Crippen molar-refractivity contribution in [3.05, 3.63) is 64.7 Å². The lowest BCUT2D eigenvalue weighted by atomic mass is 10.1. The molecule has 0 heterocycles. The Hall–Kier alpha value is -2.62. The van der Waals surface area contributed by atoms with Gasteiger partial charge in [0.2, 0.25) is 5.91 Å². The van der Waals surface area contributed by atoms with Crippen molar-refractivity contribution < 1.29 is 9.59 Å². The molecule has 0 aromatic heterocycles. The molecule has 22 heavy (non-hydrogen) atoms. The summed E-state index contributed by atoms with van der Waals surface area (Å²) in [5.41, 5.74) is 4.51. The smallest absolute Gasteiger partial charge is 0.255 e. The van der Waals surface area contributed by atoms with Gasteiger partial charge in [0.25, 0.3) is 5.91 Å². The molecule has 4 heteroatoms. The molecular formula is C18H20N2O2. The van der Waals surface area contributed by atoms with Gasteiger partial charge in [-0.25, -0.2) is 0 Å². The highest BCUT2D eigenvalue weighted by atomic mass is 16.2. The third-order valence-corrected chi connectivity index (χ3v) is 3.40. The second-order valence-electron chi connectivity index (χ2n) is 5.38. The summed E-state index contributed by atoms with van der Waals surface area (Å²) in [6, 6.07) is 13.2. The van der Waals surface area contributed by atoms with E-state index in [2.05, 4.69) is 10.6 Å². The average molecular weight is 296 g/mol. The van der Waals surface area contributed by atoms with Crippen LogP contribution in [0.3, 0.4) is 0 Å². The van der Waals surface area contributed by atoms with Gasteiger partial charge in [0, 0.05) is 24.7 Å². The summed E-state index contributed by atoms with van der Waals surface area (Å²) < 4.78 is 0. The Labute approximate surface area is 130 Å². The summed E-state index contributed by atoms with van der Waals surface area (Å²) in [5.74, 6) is -0.212. The van der Waals surface area contributed by atoms with Crippen LogP contribution in [0.4, 0.5) is 5.69 Å². The van der Waals surface area contributed by atoms with Crippen LogP contribution in [0.25, 0.3) is 0 Å². The molecule has 2 aromatic carbocycles. The summed E-state index contributed by atoms with van der Waals surface area (Å²) >= 11 is 0. The van der Waals surface area contributed by atoms with Crippen LogP contribution in [-0.2, 0) is 11.3 Å². The molecule has 0 aliphatic carbocycles. The van der Waals surface area contributed by atoms with Crippen molar-refractivity contribution in [1.82, 2.24) is 5.32 Å². The van der Waals surface area contributed by atoms with E-state index in [0.717, 1.165) is 22.4 Å². The van der Waals surface area contributed by atoms with Crippen LogP contribution >= 0.6 is 0 Å². The van der Waals surface area contributed by atoms with E-state index in [1.807, 2.05) is 44.2 Å². The van der Waals surface area contributed by atoms with Crippen LogP contribution in [0.15, 0.2) is 42.5 Å². The maximum atomic E-state index is 12.3. The van der Waals surface area contributed by atoms with E-state index in [-0.39, 0.29) is 11.8 Å². The van der Waals surface area contributed by atoms with Gasteiger partial charge in [-0.3, -0.25) is 9.59 Å². The standard InChI is InChI=1S/C18H20N2O2/c1-12-4-5-13(2)17(10-12)20-18(22)16-8-6-15(7-9-16)11-19-14(3)21/h4-10H,11H2,1-3H3,(H,19,21)(H,20,22). The van der Waals surface area contributed by atoms with Gasteiger partial charge in [-0.05, 0) is 48.7 Å². The van der Waals surface area contributed by atoms with Gasteiger partial charge in [-0.15, -0.1) is 0 Å². The van der Waals surface area contributed by atoms with E-state index < -0.39 is 0 Å². The Bertz CT molecular complexity index is 691. The maximum absolute atomic E-state index is 12.3. The minimum Gasteiger partial charge on any atom is -0.352 e. The molecular weight excluding hydrogens is 276 g/mol. The highest BCUT2D eigenvalue weighted by Gasteiger charge is 2.08. The summed E-state index contributed by atoms with van der Waals surface area (Å²) in [6.45, 7) is 5.90. The second kappa shape index (κ2) is 6.89. The number of benzene rings is 2. The number of carbonyl (C=O) groups is 2. The molecule has 0 aliphatic heterocycles. The predicted octanol–water partition coefficient (Wildman–Crippen LogP) is 3.19. The number of aryl methyl sites for hydroxylation is 2. The van der Waals surface area contributed by atoms with Gasteiger partial charge in [0.1, 0.15) is 0 Å². The van der Waals surface area contributed by atoms with E-state index in [4.69, 9.17) is 0 Å². The Morgan fingerprint density at radius 1 is 1.00 bits per heavy atom. The van der Waals surface area contributed by atoms with Crippen LogP contribution < -0.4 is 10.6 Å². The van der Waals surface area contributed by atoms with Gasteiger partial charge < -0.3 is 10.6 Å². The Morgan fingerprint density at radius 2 is 1.68 bits per heavy atom. The molecule has 2 amide bonds. The van der Waals surface area contributed by atoms with Crippen LogP contribution in [-0.4, -0.2) is 11.8 Å². The molecule has 0 spiro atoms. The van der Waals surface area contributed by atoms with Crippen molar-refractivity contribution in [2.45, 2.75) is 27.3 Å². The first-order valence-electron chi connectivity index (χ1n) is 7.17. The first-order chi connectivity index (χ1) is 10.5. The minimum absolute atomic E-state index is 0.0725. The fourth-order valence-electron chi connectivity index (χ4n) is 2.07. The van der Waals surface area contributed by atoms with E-state index >= 15 is 0 Å². The third kappa shape index (κ3) is 4.19. The number of rotatable bonds is 4. The lowest BCUT2D eigenvalue weighted by molar-refractivity contribution is -0.119.